The van der Waals surface area contributed by atoms with Gasteiger partial charge in [-0.2, -0.15) is 0 Å². The highest BCUT2D eigenvalue weighted by Crippen LogP contribution is 2.10. The summed E-state index contributed by atoms with van der Waals surface area (Å²) >= 11 is 3.43. The van der Waals surface area contributed by atoms with Gasteiger partial charge in [0.2, 0.25) is 0 Å². The van der Waals surface area contributed by atoms with Crippen molar-refractivity contribution in [2.24, 2.45) is 0 Å². The van der Waals surface area contributed by atoms with Crippen LogP contribution in [-0.4, -0.2) is 14.5 Å². The average molecular weight is 304 g/mol. The van der Waals surface area contributed by atoms with Gasteiger partial charge in [0.15, 0.2) is 15.3 Å². The fraction of sp³-hybridized carbons (Fsp3) is 0. The van der Waals surface area contributed by atoms with Crippen molar-refractivity contribution < 1.29 is 0 Å². The van der Waals surface area contributed by atoms with Crippen LogP contribution in [0.15, 0.2) is 16.5 Å². The summed E-state index contributed by atoms with van der Waals surface area (Å²) in [7, 11) is 0. The van der Waals surface area contributed by atoms with Crippen LogP contribution in [0.2, 0.25) is 0 Å². The number of nitrogens with one attached hydrogen (secondary N) is 1. The van der Waals surface area contributed by atoms with Gasteiger partial charge in [-0.05, 0) is 4.08 Å². The van der Waals surface area contributed by atoms with Gasteiger partial charge >= 0.3 is 0 Å². The molecule has 1 N–H and O–H groups in total. The first kappa shape index (κ1) is 8.82. The van der Waals surface area contributed by atoms with Crippen LogP contribution >= 0.6 is 33.9 Å². The highest BCUT2D eigenvalue weighted by atomic mass is 127. The van der Waals surface area contributed by atoms with Gasteiger partial charge in [-0.1, -0.05) is 33.9 Å². The zero-order valence-electron chi connectivity index (χ0n) is 6.44. The third-order valence-corrected chi connectivity index (χ3v) is 2.69. The number of hydrogen-bond acceptors (Lipinski definition) is 4. The second kappa shape index (κ2) is 3.54. The molecular weight excluding hydrogens is 299 g/mol. The molecule has 6 heteroatoms. The minimum atomic E-state index is 0.439. The molecule has 4 nitrogen and oxygen atoms in total. The predicted molar refractivity (Wildman–Crippen MR) is 60.6 cm³/mol. The first-order valence-electron chi connectivity index (χ1n) is 3.46. The summed E-state index contributed by atoms with van der Waals surface area (Å²) in [5, 5.41) is 7.65. The highest BCUT2D eigenvalue weighted by Gasteiger charge is 2.03. The van der Waals surface area contributed by atoms with E-state index in [0.717, 1.165) is 10.5 Å². The van der Waals surface area contributed by atoms with Gasteiger partial charge in [-0.3, -0.25) is 9.98 Å². The Morgan fingerprint density at radius 2 is 2.23 bits per heavy atom. The summed E-state index contributed by atoms with van der Waals surface area (Å²) in [6.07, 6.45) is 5.07. The molecule has 0 aliphatic carbocycles. The summed E-state index contributed by atoms with van der Waals surface area (Å²) in [6, 6.07) is 0. The maximum Gasteiger partial charge on any atom is 0.189 e. The SMILES string of the molecule is N=c1sc2nccnc2n1/C=C\I. The molecule has 2 aromatic heterocycles. The number of fused-ring (bicyclic) bond motifs is 1. The van der Waals surface area contributed by atoms with Crippen molar-refractivity contribution in [3.63, 3.8) is 0 Å². The van der Waals surface area contributed by atoms with E-state index >= 15 is 0 Å². The molecule has 2 aromatic rings. The van der Waals surface area contributed by atoms with Gasteiger partial charge < -0.3 is 0 Å². The van der Waals surface area contributed by atoms with Crippen molar-refractivity contribution >= 4 is 50.6 Å². The van der Waals surface area contributed by atoms with Crippen molar-refractivity contribution in [1.82, 2.24) is 14.5 Å². The fourth-order valence-electron chi connectivity index (χ4n) is 0.987. The largest absolute Gasteiger partial charge is 0.275 e. The van der Waals surface area contributed by atoms with Crippen LogP contribution in [0.4, 0.5) is 0 Å². The molecule has 66 valence electrons. The lowest BCUT2D eigenvalue weighted by molar-refractivity contribution is 1.05. The molecule has 0 aromatic carbocycles. The molecular formula is C7H5IN4S. The molecule has 0 amide bonds. The normalized spacial score (nSPS) is 11.5. The van der Waals surface area contributed by atoms with Crippen molar-refractivity contribution in [2.75, 3.05) is 0 Å². The molecule has 0 fully saturated rings. The Kier molecular flexibility index (Phi) is 2.40. The smallest absolute Gasteiger partial charge is 0.189 e. The Morgan fingerprint density at radius 1 is 1.46 bits per heavy atom. The first-order chi connectivity index (χ1) is 6.33. The van der Waals surface area contributed by atoms with E-state index < -0.39 is 0 Å². The van der Waals surface area contributed by atoms with Crippen LogP contribution < -0.4 is 4.80 Å². The number of aromatic nitrogens is 3. The van der Waals surface area contributed by atoms with Gasteiger partial charge in [-0.15, -0.1) is 0 Å². The fourth-order valence-corrected chi connectivity index (χ4v) is 2.09. The molecule has 0 unspecified atom stereocenters. The number of rotatable bonds is 1. The maximum absolute atomic E-state index is 7.65. The van der Waals surface area contributed by atoms with Gasteiger partial charge in [0, 0.05) is 18.6 Å². The van der Waals surface area contributed by atoms with E-state index in [-0.39, 0.29) is 0 Å². The standard InChI is InChI=1S/C7H5IN4S/c8-1-4-12-5-6(13-7(12)9)11-3-2-10-5/h1-4,9H/b4-1-,9-7?. The average Bonchev–Trinajstić information content (AvgIpc) is 2.44. The summed E-state index contributed by atoms with van der Waals surface area (Å²) < 4.78 is 3.55. The van der Waals surface area contributed by atoms with Crippen LogP contribution in [0.3, 0.4) is 0 Å². The first-order valence-corrected chi connectivity index (χ1v) is 5.52. The van der Waals surface area contributed by atoms with Gasteiger partial charge in [0.05, 0.1) is 0 Å². The summed E-state index contributed by atoms with van der Waals surface area (Å²) in [5.41, 5.74) is 0.741. The monoisotopic (exact) mass is 304 g/mol. The summed E-state index contributed by atoms with van der Waals surface area (Å²) in [5.74, 6) is 0. The topological polar surface area (TPSA) is 54.6 Å². The molecule has 2 heterocycles. The molecule has 2 rings (SSSR count). The third-order valence-electron chi connectivity index (χ3n) is 1.49. The number of hydrogen-bond donors (Lipinski definition) is 1. The van der Waals surface area contributed by atoms with Crippen LogP contribution in [0.25, 0.3) is 16.7 Å². The molecule has 0 aliphatic heterocycles. The quantitative estimate of drug-likeness (QED) is 0.817. The minimum absolute atomic E-state index is 0.439. The lowest BCUT2D eigenvalue weighted by Gasteiger charge is -1.92. The Balaban J connectivity index is 2.86. The van der Waals surface area contributed by atoms with E-state index in [2.05, 4.69) is 32.6 Å². The van der Waals surface area contributed by atoms with Crippen LogP contribution in [0.1, 0.15) is 0 Å². The van der Waals surface area contributed by atoms with Crippen LogP contribution in [-0.2, 0) is 0 Å². The summed E-state index contributed by atoms with van der Waals surface area (Å²) in [6.45, 7) is 0. The molecule has 0 spiro atoms. The second-order valence-corrected chi connectivity index (χ2v) is 3.93. The molecule has 0 saturated carbocycles. The molecule has 0 atom stereocenters. The van der Waals surface area contributed by atoms with Gasteiger partial charge in [-0.25, -0.2) is 9.97 Å². The van der Waals surface area contributed by atoms with Gasteiger partial charge in [0.25, 0.3) is 0 Å². The van der Waals surface area contributed by atoms with Crippen molar-refractivity contribution in [2.45, 2.75) is 0 Å². The van der Waals surface area contributed by atoms with E-state index in [1.807, 2.05) is 4.08 Å². The highest BCUT2D eigenvalue weighted by molar-refractivity contribution is 14.1. The Morgan fingerprint density at radius 3 is 3.00 bits per heavy atom. The maximum atomic E-state index is 7.65. The Hall–Kier alpha value is -0.760. The predicted octanol–water partition coefficient (Wildman–Crippen LogP) is 1.84. The van der Waals surface area contributed by atoms with E-state index in [1.165, 1.54) is 11.3 Å². The molecule has 13 heavy (non-hydrogen) atoms. The molecule has 0 saturated heterocycles. The van der Waals surface area contributed by atoms with Crippen LogP contribution in [0, 0.1) is 5.41 Å². The summed E-state index contributed by atoms with van der Waals surface area (Å²) in [4.78, 5) is 9.51. The zero-order chi connectivity index (χ0) is 9.26. The number of halogens is 1. The van der Waals surface area contributed by atoms with E-state index in [9.17, 15) is 0 Å². The second-order valence-electron chi connectivity index (χ2n) is 2.24. The van der Waals surface area contributed by atoms with E-state index in [0.29, 0.717) is 4.80 Å². The van der Waals surface area contributed by atoms with Crippen LogP contribution in [0.5, 0.6) is 0 Å². The number of nitrogens with zero attached hydrogens (tertiary/aromatic N) is 3. The Labute approximate surface area is 91.6 Å². The Bertz CT molecular complexity index is 512. The van der Waals surface area contributed by atoms with E-state index in [4.69, 9.17) is 5.41 Å². The van der Waals surface area contributed by atoms with Crippen molar-refractivity contribution in [1.29, 1.82) is 5.41 Å². The lowest BCUT2D eigenvalue weighted by Crippen LogP contribution is -2.06. The van der Waals surface area contributed by atoms with Crippen molar-refractivity contribution in [3.05, 3.63) is 21.3 Å². The molecule has 0 bridgehead atoms. The number of thiazole rings is 1. The van der Waals surface area contributed by atoms with Crippen molar-refractivity contribution in [3.8, 4) is 0 Å². The molecule has 0 radical (unpaired) electrons. The lowest BCUT2D eigenvalue weighted by atomic mass is 10.7. The molecule has 0 aliphatic rings. The third kappa shape index (κ3) is 1.51. The zero-order valence-corrected chi connectivity index (χ0v) is 9.41. The minimum Gasteiger partial charge on any atom is -0.275 e. The van der Waals surface area contributed by atoms with E-state index in [1.54, 1.807) is 23.2 Å². The van der Waals surface area contributed by atoms with Gasteiger partial charge in [0.1, 0.15) is 0 Å².